The average molecular weight is 496 g/mol. The van der Waals surface area contributed by atoms with Crippen molar-refractivity contribution in [2.75, 3.05) is 7.11 Å². The molecule has 0 bridgehead atoms. The number of thioether (sulfide) groups is 1. The predicted molar refractivity (Wildman–Crippen MR) is 137 cm³/mol. The summed E-state index contributed by atoms with van der Waals surface area (Å²) in [6.45, 7) is 8.28. The van der Waals surface area contributed by atoms with Gasteiger partial charge in [0.05, 0.1) is 7.11 Å². The molecule has 1 fully saturated rings. The van der Waals surface area contributed by atoms with E-state index in [0.29, 0.717) is 24.3 Å². The standard InChI is InChI=1S/C27H33N3O4S/c1-16(2)14-20(23(31)28-15-17-10-6-9-13-21(17)34-5)29-24(32)22-27(3,4)35-26-19-12-8-7-11-18(19)25(33)30(22)26/h6-13,16,20,22,26H,14-15H2,1-5H3,(H,28,31)(H,29,32). The van der Waals surface area contributed by atoms with Crippen LogP contribution in [0.15, 0.2) is 48.5 Å². The minimum atomic E-state index is -0.711. The number of benzene rings is 2. The Morgan fingerprint density at radius 1 is 1.11 bits per heavy atom. The Kier molecular flexibility index (Phi) is 7.12. The first-order valence-electron chi connectivity index (χ1n) is 11.9. The van der Waals surface area contributed by atoms with Crippen molar-refractivity contribution in [3.05, 3.63) is 65.2 Å². The van der Waals surface area contributed by atoms with Crippen molar-refractivity contribution in [1.29, 1.82) is 0 Å². The van der Waals surface area contributed by atoms with Gasteiger partial charge in [-0.15, -0.1) is 11.8 Å². The first-order valence-corrected chi connectivity index (χ1v) is 12.8. The van der Waals surface area contributed by atoms with Gasteiger partial charge >= 0.3 is 0 Å². The highest BCUT2D eigenvalue weighted by molar-refractivity contribution is 8.01. The van der Waals surface area contributed by atoms with Crippen LogP contribution in [0.25, 0.3) is 0 Å². The van der Waals surface area contributed by atoms with Gasteiger partial charge in [-0.2, -0.15) is 0 Å². The summed E-state index contributed by atoms with van der Waals surface area (Å²) in [6.07, 6.45) is 0.487. The molecule has 7 nitrogen and oxygen atoms in total. The third kappa shape index (κ3) is 4.89. The van der Waals surface area contributed by atoms with Crippen LogP contribution < -0.4 is 15.4 Å². The van der Waals surface area contributed by atoms with Gasteiger partial charge < -0.3 is 20.3 Å². The number of methoxy groups -OCH3 is 1. The number of carbonyl (C=O) groups excluding carboxylic acids is 3. The summed E-state index contributed by atoms with van der Waals surface area (Å²) in [5, 5.41) is 5.73. The van der Waals surface area contributed by atoms with Gasteiger partial charge in [0.2, 0.25) is 11.8 Å². The summed E-state index contributed by atoms with van der Waals surface area (Å²) in [7, 11) is 1.59. The number of hydrogen-bond acceptors (Lipinski definition) is 5. The van der Waals surface area contributed by atoms with Gasteiger partial charge in [-0.3, -0.25) is 14.4 Å². The summed E-state index contributed by atoms with van der Waals surface area (Å²) >= 11 is 1.61. The number of carbonyl (C=O) groups is 3. The largest absolute Gasteiger partial charge is 0.496 e. The smallest absolute Gasteiger partial charge is 0.256 e. The van der Waals surface area contributed by atoms with Crippen LogP contribution in [0.2, 0.25) is 0 Å². The van der Waals surface area contributed by atoms with Gasteiger partial charge in [0.1, 0.15) is 23.2 Å². The van der Waals surface area contributed by atoms with Gasteiger partial charge in [-0.1, -0.05) is 50.2 Å². The van der Waals surface area contributed by atoms with E-state index >= 15 is 0 Å². The van der Waals surface area contributed by atoms with E-state index in [4.69, 9.17) is 4.74 Å². The third-order valence-electron chi connectivity index (χ3n) is 6.53. The summed E-state index contributed by atoms with van der Waals surface area (Å²) in [4.78, 5) is 41.8. The van der Waals surface area contributed by atoms with Gasteiger partial charge in [0, 0.05) is 22.4 Å². The Morgan fingerprint density at radius 2 is 1.80 bits per heavy atom. The Labute approximate surface area is 211 Å². The minimum absolute atomic E-state index is 0.134. The molecule has 35 heavy (non-hydrogen) atoms. The van der Waals surface area contributed by atoms with Crippen molar-refractivity contribution in [2.24, 2.45) is 5.92 Å². The van der Waals surface area contributed by atoms with E-state index in [9.17, 15) is 14.4 Å². The molecule has 3 amide bonds. The van der Waals surface area contributed by atoms with E-state index in [0.717, 1.165) is 11.1 Å². The molecular weight excluding hydrogens is 462 g/mol. The highest BCUT2D eigenvalue weighted by Crippen LogP contribution is 2.56. The maximum absolute atomic E-state index is 13.7. The molecule has 2 N–H and O–H groups in total. The molecule has 186 valence electrons. The molecule has 2 aromatic rings. The molecule has 4 rings (SSSR count). The van der Waals surface area contributed by atoms with Crippen LogP contribution >= 0.6 is 11.8 Å². The average Bonchev–Trinajstić information content (AvgIpc) is 3.25. The van der Waals surface area contributed by atoms with Crippen LogP contribution in [0.5, 0.6) is 5.75 Å². The van der Waals surface area contributed by atoms with Gasteiger partial charge in [0.25, 0.3) is 5.91 Å². The number of rotatable bonds is 8. The van der Waals surface area contributed by atoms with Crippen LogP contribution in [-0.4, -0.2) is 46.6 Å². The Bertz CT molecular complexity index is 1130. The lowest BCUT2D eigenvalue weighted by Gasteiger charge is -2.31. The molecule has 0 saturated carbocycles. The molecule has 8 heteroatoms. The van der Waals surface area contributed by atoms with E-state index in [1.165, 1.54) is 0 Å². The molecule has 1 saturated heterocycles. The molecule has 3 atom stereocenters. The second-order valence-corrected chi connectivity index (χ2v) is 11.7. The zero-order valence-corrected chi connectivity index (χ0v) is 21.6. The molecule has 3 unspecified atom stereocenters. The molecule has 0 radical (unpaired) electrons. The van der Waals surface area contributed by atoms with Crippen LogP contribution in [0.3, 0.4) is 0 Å². The minimum Gasteiger partial charge on any atom is -0.496 e. The highest BCUT2D eigenvalue weighted by atomic mass is 32.2. The maximum Gasteiger partial charge on any atom is 0.256 e. The predicted octanol–water partition coefficient (Wildman–Crippen LogP) is 3.89. The molecule has 2 aliphatic heterocycles. The van der Waals surface area contributed by atoms with Crippen molar-refractivity contribution >= 4 is 29.5 Å². The number of nitrogens with one attached hydrogen (secondary N) is 2. The summed E-state index contributed by atoms with van der Waals surface area (Å²) in [6, 6.07) is 13.6. The Morgan fingerprint density at radius 3 is 2.51 bits per heavy atom. The number of para-hydroxylation sites is 1. The maximum atomic E-state index is 13.7. The number of ether oxygens (including phenoxy) is 1. The van der Waals surface area contributed by atoms with E-state index in [-0.39, 0.29) is 29.0 Å². The lowest BCUT2D eigenvalue weighted by molar-refractivity contribution is -0.132. The van der Waals surface area contributed by atoms with E-state index < -0.39 is 16.8 Å². The van der Waals surface area contributed by atoms with E-state index in [2.05, 4.69) is 10.6 Å². The third-order valence-corrected chi connectivity index (χ3v) is 8.07. The monoisotopic (exact) mass is 495 g/mol. The van der Waals surface area contributed by atoms with E-state index in [1.54, 1.807) is 23.8 Å². The fourth-order valence-corrected chi connectivity index (χ4v) is 6.50. The van der Waals surface area contributed by atoms with Gasteiger partial charge in [-0.25, -0.2) is 0 Å². The summed E-state index contributed by atoms with van der Waals surface area (Å²) in [5.74, 6) is 0.192. The lowest BCUT2D eigenvalue weighted by Crippen LogP contribution is -2.57. The second-order valence-electron chi connectivity index (χ2n) is 10.00. The lowest BCUT2D eigenvalue weighted by atomic mass is 9.98. The van der Waals surface area contributed by atoms with E-state index in [1.807, 2.05) is 76.2 Å². The first-order chi connectivity index (χ1) is 16.6. The van der Waals surface area contributed by atoms with Crippen molar-refractivity contribution < 1.29 is 19.1 Å². The second kappa shape index (κ2) is 9.93. The molecule has 0 spiro atoms. The molecule has 2 aromatic carbocycles. The quantitative estimate of drug-likeness (QED) is 0.580. The Balaban J connectivity index is 1.51. The van der Waals surface area contributed by atoms with Gasteiger partial charge in [0.15, 0.2) is 0 Å². The molecular formula is C27H33N3O4S. The number of amides is 3. The molecule has 0 aliphatic carbocycles. The first kappa shape index (κ1) is 25.1. The van der Waals surface area contributed by atoms with Crippen molar-refractivity contribution in [2.45, 2.75) is 62.9 Å². The normalized spacial score (nSPS) is 20.9. The van der Waals surface area contributed by atoms with Gasteiger partial charge in [-0.05, 0) is 43.9 Å². The van der Waals surface area contributed by atoms with Crippen LogP contribution in [0.4, 0.5) is 0 Å². The zero-order valence-electron chi connectivity index (χ0n) is 20.8. The zero-order chi connectivity index (χ0) is 25.3. The van der Waals surface area contributed by atoms with Crippen LogP contribution in [-0.2, 0) is 16.1 Å². The van der Waals surface area contributed by atoms with Crippen molar-refractivity contribution in [3.8, 4) is 5.75 Å². The fraction of sp³-hybridized carbons (Fsp3) is 0.444. The summed E-state index contributed by atoms with van der Waals surface area (Å²) < 4.78 is 4.87. The fourth-order valence-electron chi connectivity index (χ4n) is 4.91. The molecule has 2 aliphatic rings. The van der Waals surface area contributed by atoms with Crippen molar-refractivity contribution in [3.63, 3.8) is 0 Å². The molecule has 2 heterocycles. The van der Waals surface area contributed by atoms with Crippen LogP contribution in [0, 0.1) is 5.92 Å². The van der Waals surface area contributed by atoms with Crippen LogP contribution in [0.1, 0.15) is 61.0 Å². The number of nitrogens with zero attached hydrogens (tertiary/aromatic N) is 1. The SMILES string of the molecule is COc1ccccc1CNC(=O)C(CC(C)C)NC(=O)C1N2C(=O)c3ccccc3C2SC1(C)C. The number of fused-ring (bicyclic) bond motifs is 3. The molecule has 0 aromatic heterocycles. The Hall–Kier alpha value is -3.00. The summed E-state index contributed by atoms with van der Waals surface area (Å²) in [5.41, 5.74) is 2.44. The number of hydrogen-bond donors (Lipinski definition) is 2. The van der Waals surface area contributed by atoms with Crippen molar-refractivity contribution in [1.82, 2.24) is 15.5 Å². The topological polar surface area (TPSA) is 87.7 Å². The highest BCUT2D eigenvalue weighted by Gasteiger charge is 2.57.